The number of rotatable bonds is 7. The number of hydrogen-bond acceptors (Lipinski definition) is 3. The molecule has 1 atom stereocenters. The second-order valence-corrected chi connectivity index (χ2v) is 7.79. The second-order valence-electron chi connectivity index (χ2n) is 6.72. The zero-order valence-corrected chi connectivity index (χ0v) is 16.7. The van der Waals surface area contributed by atoms with Crippen LogP contribution in [0.3, 0.4) is 0 Å². The van der Waals surface area contributed by atoms with Gasteiger partial charge in [-0.2, -0.15) is 0 Å². The average molecular weight is 383 g/mol. The van der Waals surface area contributed by atoms with E-state index in [1.165, 1.54) is 5.56 Å². The molecule has 4 nitrogen and oxygen atoms in total. The SMILES string of the molecule is CCCCC(=O)Nc1ccc([C@@H]2SCC(=O)N2c2ccc(CC)cc2)cc1. The van der Waals surface area contributed by atoms with Gasteiger partial charge in [0.1, 0.15) is 5.37 Å². The fraction of sp³-hybridized carbons (Fsp3) is 0.364. The Kier molecular flexibility index (Phi) is 6.56. The van der Waals surface area contributed by atoms with Crippen LogP contribution in [0.5, 0.6) is 0 Å². The van der Waals surface area contributed by atoms with Crippen molar-refractivity contribution in [1.82, 2.24) is 0 Å². The lowest BCUT2D eigenvalue weighted by Crippen LogP contribution is -2.27. The molecule has 1 heterocycles. The molecule has 5 heteroatoms. The van der Waals surface area contributed by atoms with Gasteiger partial charge >= 0.3 is 0 Å². The van der Waals surface area contributed by atoms with E-state index < -0.39 is 0 Å². The molecule has 2 aromatic carbocycles. The van der Waals surface area contributed by atoms with Crippen molar-refractivity contribution >= 4 is 35.0 Å². The molecule has 0 aliphatic carbocycles. The lowest BCUT2D eigenvalue weighted by atomic mass is 10.1. The van der Waals surface area contributed by atoms with E-state index in [1.54, 1.807) is 11.8 Å². The fourth-order valence-electron chi connectivity index (χ4n) is 3.13. The first-order chi connectivity index (χ1) is 13.1. The van der Waals surface area contributed by atoms with Gasteiger partial charge in [0.2, 0.25) is 11.8 Å². The number of carbonyl (C=O) groups excluding carboxylic acids is 2. The lowest BCUT2D eigenvalue weighted by molar-refractivity contribution is -0.116. The Bertz CT molecular complexity index is 787. The first-order valence-electron chi connectivity index (χ1n) is 9.54. The summed E-state index contributed by atoms with van der Waals surface area (Å²) in [4.78, 5) is 26.2. The molecule has 1 aliphatic rings. The van der Waals surface area contributed by atoms with Gasteiger partial charge < -0.3 is 5.32 Å². The average Bonchev–Trinajstić information content (AvgIpc) is 3.08. The van der Waals surface area contributed by atoms with Gasteiger partial charge in [0, 0.05) is 17.8 Å². The quantitative estimate of drug-likeness (QED) is 0.720. The summed E-state index contributed by atoms with van der Waals surface area (Å²) in [6.07, 6.45) is 3.44. The van der Waals surface area contributed by atoms with Crippen LogP contribution in [0.1, 0.15) is 49.6 Å². The van der Waals surface area contributed by atoms with Crippen LogP contribution in [-0.2, 0) is 16.0 Å². The third-order valence-electron chi connectivity index (χ3n) is 4.73. The van der Waals surface area contributed by atoms with Crippen LogP contribution >= 0.6 is 11.8 Å². The minimum Gasteiger partial charge on any atom is -0.326 e. The fourth-order valence-corrected chi connectivity index (χ4v) is 4.31. The molecule has 0 unspecified atom stereocenters. The van der Waals surface area contributed by atoms with Crippen LogP contribution in [0.15, 0.2) is 48.5 Å². The van der Waals surface area contributed by atoms with Crippen molar-refractivity contribution in [3.8, 4) is 0 Å². The van der Waals surface area contributed by atoms with E-state index in [-0.39, 0.29) is 17.2 Å². The largest absolute Gasteiger partial charge is 0.326 e. The van der Waals surface area contributed by atoms with Crippen LogP contribution < -0.4 is 10.2 Å². The molecule has 142 valence electrons. The highest BCUT2D eigenvalue weighted by Gasteiger charge is 2.33. The van der Waals surface area contributed by atoms with E-state index in [2.05, 4.69) is 31.3 Å². The third kappa shape index (κ3) is 4.72. The predicted molar refractivity (Wildman–Crippen MR) is 113 cm³/mol. The van der Waals surface area contributed by atoms with E-state index in [4.69, 9.17) is 0 Å². The summed E-state index contributed by atoms with van der Waals surface area (Å²) in [5.41, 5.74) is 4.06. The molecule has 27 heavy (non-hydrogen) atoms. The molecular formula is C22H26N2O2S. The molecule has 1 saturated heterocycles. The van der Waals surface area contributed by atoms with Crippen LogP contribution in [-0.4, -0.2) is 17.6 Å². The number of hydrogen-bond donors (Lipinski definition) is 1. The topological polar surface area (TPSA) is 49.4 Å². The van der Waals surface area contributed by atoms with Crippen LogP contribution in [0.2, 0.25) is 0 Å². The Hall–Kier alpha value is -2.27. The lowest BCUT2D eigenvalue weighted by Gasteiger charge is -2.24. The summed E-state index contributed by atoms with van der Waals surface area (Å²) < 4.78 is 0. The zero-order chi connectivity index (χ0) is 19.2. The molecule has 0 spiro atoms. The van der Waals surface area contributed by atoms with Crippen LogP contribution in [0, 0.1) is 0 Å². The number of amides is 2. The van der Waals surface area contributed by atoms with Crippen molar-refractivity contribution in [2.24, 2.45) is 0 Å². The summed E-state index contributed by atoms with van der Waals surface area (Å²) >= 11 is 1.64. The van der Waals surface area contributed by atoms with Gasteiger partial charge in [-0.3, -0.25) is 14.5 Å². The first kappa shape index (κ1) is 19.5. The number of anilines is 2. The molecule has 0 bridgehead atoms. The highest BCUT2D eigenvalue weighted by atomic mass is 32.2. The number of nitrogens with one attached hydrogen (secondary N) is 1. The number of unbranched alkanes of at least 4 members (excludes halogenated alkanes) is 1. The van der Waals surface area contributed by atoms with E-state index >= 15 is 0 Å². The van der Waals surface area contributed by atoms with Crippen molar-refractivity contribution in [1.29, 1.82) is 0 Å². The predicted octanol–water partition coefficient (Wildman–Crippen LogP) is 5.16. The third-order valence-corrected chi connectivity index (χ3v) is 5.94. The van der Waals surface area contributed by atoms with Crippen molar-refractivity contribution in [2.45, 2.75) is 44.9 Å². The molecule has 0 saturated carbocycles. The summed E-state index contributed by atoms with van der Waals surface area (Å²) in [6.45, 7) is 4.20. The van der Waals surface area contributed by atoms with Crippen molar-refractivity contribution in [2.75, 3.05) is 16.0 Å². The van der Waals surface area contributed by atoms with Gasteiger partial charge in [-0.25, -0.2) is 0 Å². The minimum atomic E-state index is -0.0326. The van der Waals surface area contributed by atoms with Gasteiger partial charge in [-0.1, -0.05) is 44.5 Å². The Morgan fingerprint density at radius 2 is 1.81 bits per heavy atom. The van der Waals surface area contributed by atoms with E-state index in [9.17, 15) is 9.59 Å². The van der Waals surface area contributed by atoms with Crippen molar-refractivity contribution in [3.05, 3.63) is 59.7 Å². The Labute approximate surface area is 165 Å². The van der Waals surface area contributed by atoms with Gasteiger partial charge in [-0.15, -0.1) is 11.8 Å². The Balaban J connectivity index is 1.74. The zero-order valence-electron chi connectivity index (χ0n) is 15.9. The van der Waals surface area contributed by atoms with Gasteiger partial charge in [-0.05, 0) is 48.2 Å². The van der Waals surface area contributed by atoms with Gasteiger partial charge in [0.05, 0.1) is 5.75 Å². The smallest absolute Gasteiger partial charge is 0.238 e. The van der Waals surface area contributed by atoms with E-state index in [1.807, 2.05) is 41.3 Å². The second kappa shape index (κ2) is 9.09. The highest BCUT2D eigenvalue weighted by molar-refractivity contribution is 8.00. The summed E-state index contributed by atoms with van der Waals surface area (Å²) in [7, 11) is 0. The molecular weight excluding hydrogens is 356 g/mol. The Morgan fingerprint density at radius 3 is 2.44 bits per heavy atom. The summed E-state index contributed by atoms with van der Waals surface area (Å²) in [5, 5.41) is 2.90. The number of carbonyl (C=O) groups is 2. The molecule has 0 aromatic heterocycles. The van der Waals surface area contributed by atoms with Crippen LogP contribution in [0.4, 0.5) is 11.4 Å². The number of aryl methyl sites for hydroxylation is 1. The molecule has 2 aromatic rings. The Morgan fingerprint density at radius 1 is 1.11 bits per heavy atom. The van der Waals surface area contributed by atoms with Gasteiger partial charge in [0.15, 0.2) is 0 Å². The standard InChI is InChI=1S/C22H26N2O2S/c1-3-5-6-20(25)23-18-11-9-17(10-12-18)22-24(21(26)15-27-22)19-13-7-16(4-2)8-14-19/h7-14,22H,3-6,15H2,1-2H3,(H,23,25)/t22-/m0/s1. The van der Waals surface area contributed by atoms with Crippen molar-refractivity contribution in [3.63, 3.8) is 0 Å². The maximum Gasteiger partial charge on any atom is 0.238 e. The molecule has 0 radical (unpaired) electrons. The molecule has 1 N–H and O–H groups in total. The van der Waals surface area contributed by atoms with Gasteiger partial charge in [0.25, 0.3) is 0 Å². The monoisotopic (exact) mass is 382 g/mol. The maximum absolute atomic E-state index is 12.5. The summed E-state index contributed by atoms with van der Waals surface area (Å²) in [6, 6.07) is 16.0. The first-order valence-corrected chi connectivity index (χ1v) is 10.6. The molecule has 1 aliphatic heterocycles. The van der Waals surface area contributed by atoms with E-state index in [0.29, 0.717) is 12.2 Å². The molecule has 2 amide bonds. The maximum atomic E-state index is 12.5. The highest BCUT2D eigenvalue weighted by Crippen LogP contribution is 2.42. The normalized spacial score (nSPS) is 16.6. The summed E-state index contributed by atoms with van der Waals surface area (Å²) in [5.74, 6) is 0.661. The number of nitrogens with zero attached hydrogens (tertiary/aromatic N) is 1. The minimum absolute atomic E-state index is 0.0326. The van der Waals surface area contributed by atoms with Crippen LogP contribution in [0.25, 0.3) is 0 Å². The number of thioether (sulfide) groups is 1. The van der Waals surface area contributed by atoms with Crippen molar-refractivity contribution < 1.29 is 9.59 Å². The molecule has 3 rings (SSSR count). The van der Waals surface area contributed by atoms with E-state index in [0.717, 1.165) is 36.2 Å². The number of benzene rings is 2. The molecule has 1 fully saturated rings.